The summed E-state index contributed by atoms with van der Waals surface area (Å²) in [7, 11) is 0. The van der Waals surface area contributed by atoms with Gasteiger partial charge >= 0.3 is 5.97 Å². The Bertz CT molecular complexity index is 403. The maximum Gasteiger partial charge on any atom is 0.306 e. The van der Waals surface area contributed by atoms with E-state index in [1.165, 1.54) is 5.56 Å². The van der Waals surface area contributed by atoms with E-state index in [2.05, 4.69) is 28.9 Å². The Labute approximate surface area is 104 Å². The number of carboxylic acid groups (broad SMARTS) is 1. The molecule has 0 heterocycles. The Morgan fingerprint density at radius 1 is 1.56 bits per heavy atom. The number of aliphatic carboxylic acids is 1. The third-order valence-electron chi connectivity index (χ3n) is 3.33. The highest BCUT2D eigenvalue weighted by molar-refractivity contribution is 9.10. The van der Waals surface area contributed by atoms with Gasteiger partial charge in [0, 0.05) is 4.47 Å². The minimum absolute atomic E-state index is 0.0927. The molecule has 0 aliphatic heterocycles. The van der Waals surface area contributed by atoms with Crippen LogP contribution in [0.15, 0.2) is 28.7 Å². The Morgan fingerprint density at radius 3 is 2.81 bits per heavy atom. The first-order valence-corrected chi connectivity index (χ1v) is 6.36. The Kier molecular flexibility index (Phi) is 3.33. The maximum atomic E-state index is 10.7. The minimum Gasteiger partial charge on any atom is -0.481 e. The van der Waals surface area contributed by atoms with Gasteiger partial charge in [-0.25, -0.2) is 0 Å². The SMILES string of the molecule is CC(CC1CC1C(=O)O)c1ccccc1Br. The second kappa shape index (κ2) is 4.58. The average molecular weight is 283 g/mol. The van der Waals surface area contributed by atoms with Crippen LogP contribution in [0.1, 0.15) is 31.2 Å². The van der Waals surface area contributed by atoms with E-state index in [9.17, 15) is 4.79 Å². The summed E-state index contributed by atoms with van der Waals surface area (Å²) in [5.74, 6) is 0.0683. The van der Waals surface area contributed by atoms with Crippen molar-refractivity contribution in [2.45, 2.75) is 25.7 Å². The van der Waals surface area contributed by atoms with Crippen molar-refractivity contribution in [1.29, 1.82) is 0 Å². The van der Waals surface area contributed by atoms with Crippen LogP contribution in [0, 0.1) is 11.8 Å². The van der Waals surface area contributed by atoms with Crippen LogP contribution in [-0.4, -0.2) is 11.1 Å². The van der Waals surface area contributed by atoms with Gasteiger partial charge in [-0.3, -0.25) is 4.79 Å². The predicted molar refractivity (Wildman–Crippen MR) is 66.4 cm³/mol. The molecular formula is C13H15BrO2. The van der Waals surface area contributed by atoms with Gasteiger partial charge in [0.1, 0.15) is 0 Å². The Balaban J connectivity index is 1.97. The van der Waals surface area contributed by atoms with E-state index in [-0.39, 0.29) is 5.92 Å². The molecule has 2 rings (SSSR count). The van der Waals surface area contributed by atoms with Gasteiger partial charge in [0.15, 0.2) is 0 Å². The lowest BCUT2D eigenvalue weighted by molar-refractivity contribution is -0.138. The third kappa shape index (κ3) is 2.46. The predicted octanol–water partition coefficient (Wildman–Crippen LogP) is 3.66. The standard InChI is InChI=1S/C13H15BrO2/c1-8(6-9-7-11(9)13(15)16)10-4-2-3-5-12(10)14/h2-5,8-9,11H,6-7H2,1H3,(H,15,16). The zero-order chi connectivity index (χ0) is 11.7. The van der Waals surface area contributed by atoms with Crippen molar-refractivity contribution < 1.29 is 9.90 Å². The molecular weight excluding hydrogens is 268 g/mol. The topological polar surface area (TPSA) is 37.3 Å². The summed E-state index contributed by atoms with van der Waals surface area (Å²) in [4.78, 5) is 10.7. The lowest BCUT2D eigenvalue weighted by atomic mass is 9.95. The van der Waals surface area contributed by atoms with Crippen molar-refractivity contribution in [1.82, 2.24) is 0 Å². The number of carbonyl (C=O) groups is 1. The molecule has 86 valence electrons. The van der Waals surface area contributed by atoms with Gasteiger partial charge in [0.25, 0.3) is 0 Å². The highest BCUT2D eigenvalue weighted by atomic mass is 79.9. The van der Waals surface area contributed by atoms with Crippen molar-refractivity contribution in [3.05, 3.63) is 34.3 Å². The van der Waals surface area contributed by atoms with Crippen LogP contribution >= 0.6 is 15.9 Å². The summed E-state index contributed by atoms with van der Waals surface area (Å²) >= 11 is 3.53. The fourth-order valence-corrected chi connectivity index (χ4v) is 2.94. The van der Waals surface area contributed by atoms with Gasteiger partial charge in [0.2, 0.25) is 0 Å². The third-order valence-corrected chi connectivity index (χ3v) is 4.05. The quantitative estimate of drug-likeness (QED) is 0.915. The van der Waals surface area contributed by atoms with E-state index in [4.69, 9.17) is 5.11 Å². The van der Waals surface area contributed by atoms with Crippen molar-refractivity contribution >= 4 is 21.9 Å². The van der Waals surface area contributed by atoms with Gasteiger partial charge in [0.05, 0.1) is 5.92 Å². The van der Waals surface area contributed by atoms with Crippen LogP contribution in [0.4, 0.5) is 0 Å². The van der Waals surface area contributed by atoms with E-state index < -0.39 is 5.97 Å². The van der Waals surface area contributed by atoms with Gasteiger partial charge in [-0.1, -0.05) is 41.1 Å². The zero-order valence-electron chi connectivity index (χ0n) is 9.19. The van der Waals surface area contributed by atoms with E-state index in [1.54, 1.807) is 0 Å². The largest absolute Gasteiger partial charge is 0.481 e. The number of hydrogen-bond donors (Lipinski definition) is 1. The Hall–Kier alpha value is -0.830. The van der Waals surface area contributed by atoms with Crippen LogP contribution in [0.25, 0.3) is 0 Å². The molecule has 0 aromatic heterocycles. The number of hydrogen-bond acceptors (Lipinski definition) is 1. The summed E-state index contributed by atoms with van der Waals surface area (Å²) in [6.45, 7) is 2.16. The number of carboxylic acids is 1. The van der Waals surface area contributed by atoms with Crippen molar-refractivity contribution in [2.75, 3.05) is 0 Å². The first kappa shape index (κ1) is 11.6. The number of benzene rings is 1. The number of halogens is 1. The summed E-state index contributed by atoms with van der Waals surface area (Å²) in [5, 5.41) is 8.85. The highest BCUT2D eigenvalue weighted by Gasteiger charge is 2.43. The van der Waals surface area contributed by atoms with Crippen LogP contribution in [0.2, 0.25) is 0 Å². The number of rotatable bonds is 4. The monoisotopic (exact) mass is 282 g/mol. The molecule has 0 radical (unpaired) electrons. The highest BCUT2D eigenvalue weighted by Crippen LogP contribution is 2.45. The zero-order valence-corrected chi connectivity index (χ0v) is 10.8. The molecule has 1 saturated carbocycles. The van der Waals surface area contributed by atoms with Crippen molar-refractivity contribution in [3.8, 4) is 0 Å². The fourth-order valence-electron chi connectivity index (χ4n) is 2.27. The molecule has 1 aromatic carbocycles. The first-order chi connectivity index (χ1) is 7.59. The molecule has 0 bridgehead atoms. The van der Waals surface area contributed by atoms with E-state index in [0.29, 0.717) is 11.8 Å². The summed E-state index contributed by atoms with van der Waals surface area (Å²) in [5.41, 5.74) is 1.28. The molecule has 2 nitrogen and oxygen atoms in total. The van der Waals surface area contributed by atoms with E-state index in [1.807, 2.05) is 18.2 Å². The molecule has 0 saturated heterocycles. The molecule has 1 aromatic rings. The summed E-state index contributed by atoms with van der Waals surface area (Å²) < 4.78 is 1.12. The molecule has 3 atom stereocenters. The van der Waals surface area contributed by atoms with Gasteiger partial charge in [-0.05, 0) is 36.3 Å². The molecule has 3 unspecified atom stereocenters. The first-order valence-electron chi connectivity index (χ1n) is 5.57. The fraction of sp³-hybridized carbons (Fsp3) is 0.462. The molecule has 1 aliphatic carbocycles. The van der Waals surface area contributed by atoms with Crippen molar-refractivity contribution in [2.24, 2.45) is 11.8 Å². The molecule has 0 spiro atoms. The average Bonchev–Trinajstić information content (AvgIpc) is 2.97. The molecule has 16 heavy (non-hydrogen) atoms. The molecule has 3 heteroatoms. The van der Waals surface area contributed by atoms with Crippen LogP contribution in [0.3, 0.4) is 0 Å². The molecule has 0 amide bonds. The van der Waals surface area contributed by atoms with Crippen LogP contribution < -0.4 is 0 Å². The summed E-state index contributed by atoms with van der Waals surface area (Å²) in [6, 6.07) is 8.16. The smallest absolute Gasteiger partial charge is 0.306 e. The normalized spacial score (nSPS) is 25.1. The molecule has 1 fully saturated rings. The van der Waals surface area contributed by atoms with Crippen LogP contribution in [0.5, 0.6) is 0 Å². The lowest BCUT2D eigenvalue weighted by Gasteiger charge is -2.13. The van der Waals surface area contributed by atoms with Gasteiger partial charge < -0.3 is 5.11 Å². The second-order valence-corrected chi connectivity index (χ2v) is 5.45. The Morgan fingerprint density at radius 2 is 2.25 bits per heavy atom. The minimum atomic E-state index is -0.635. The van der Waals surface area contributed by atoms with Crippen LogP contribution in [-0.2, 0) is 4.79 Å². The lowest BCUT2D eigenvalue weighted by Crippen LogP contribution is -2.02. The van der Waals surface area contributed by atoms with E-state index >= 15 is 0 Å². The summed E-state index contributed by atoms with van der Waals surface area (Å²) in [6.07, 6.45) is 1.82. The molecule has 1 N–H and O–H groups in total. The van der Waals surface area contributed by atoms with Gasteiger partial charge in [-0.15, -0.1) is 0 Å². The van der Waals surface area contributed by atoms with Crippen molar-refractivity contribution in [3.63, 3.8) is 0 Å². The van der Waals surface area contributed by atoms with E-state index in [0.717, 1.165) is 17.3 Å². The second-order valence-electron chi connectivity index (χ2n) is 4.60. The molecule has 1 aliphatic rings. The maximum absolute atomic E-state index is 10.7. The van der Waals surface area contributed by atoms with Gasteiger partial charge in [-0.2, -0.15) is 0 Å².